The summed E-state index contributed by atoms with van der Waals surface area (Å²) in [5.41, 5.74) is 0. The summed E-state index contributed by atoms with van der Waals surface area (Å²) in [7, 11) is -4.65. The van der Waals surface area contributed by atoms with Gasteiger partial charge in [0.05, 0.1) is 25.9 Å². The van der Waals surface area contributed by atoms with Crippen LogP contribution in [-0.2, 0) is 32.7 Å². The highest BCUT2D eigenvalue weighted by molar-refractivity contribution is 7.47. The number of phosphoric acid groups is 1. The van der Waals surface area contributed by atoms with Crippen LogP contribution in [0.1, 0.15) is 136 Å². The molecule has 2 unspecified atom stereocenters. The van der Waals surface area contributed by atoms with E-state index in [-0.39, 0.29) is 25.6 Å². The van der Waals surface area contributed by atoms with Crippen LogP contribution in [0.15, 0.2) is 85.1 Å². The Bertz CT molecular complexity index is 1220. The maximum Gasteiger partial charge on any atom is 0.472 e. The van der Waals surface area contributed by atoms with Crippen molar-refractivity contribution >= 4 is 19.8 Å². The van der Waals surface area contributed by atoms with Crippen LogP contribution in [0.2, 0.25) is 0 Å². The minimum atomic E-state index is -4.65. The lowest BCUT2D eigenvalue weighted by Gasteiger charge is -2.20. The molecule has 320 valence electrons. The van der Waals surface area contributed by atoms with Crippen LogP contribution in [-0.4, -0.2) is 76.9 Å². The van der Waals surface area contributed by atoms with E-state index in [4.69, 9.17) is 19.1 Å². The molecule has 0 spiro atoms. The van der Waals surface area contributed by atoms with Crippen molar-refractivity contribution in [3.8, 4) is 0 Å². The van der Waals surface area contributed by atoms with E-state index in [2.05, 4.69) is 85.2 Å². The monoisotopic (exact) mass is 808 g/mol. The normalized spacial score (nSPS) is 15.3. The average molecular weight is 809 g/mol. The average Bonchev–Trinajstić information content (AvgIpc) is 3.18. The van der Waals surface area contributed by atoms with E-state index >= 15 is 0 Å². The fourth-order valence-corrected chi connectivity index (χ4v) is 5.74. The molecule has 0 saturated heterocycles. The highest BCUT2D eigenvalue weighted by Crippen LogP contribution is 2.43. The van der Waals surface area contributed by atoms with Crippen LogP contribution in [0.25, 0.3) is 0 Å². The molecule has 56 heavy (non-hydrogen) atoms. The highest BCUT2D eigenvalue weighted by Gasteiger charge is 2.27. The summed E-state index contributed by atoms with van der Waals surface area (Å²) in [6.45, 7) is 1.94. The molecule has 0 amide bonds. The number of hydrogen-bond donors (Lipinski definition) is 4. The molecule has 0 aromatic carbocycles. The van der Waals surface area contributed by atoms with E-state index in [1.165, 1.54) is 0 Å². The van der Waals surface area contributed by atoms with Crippen molar-refractivity contribution in [3.63, 3.8) is 0 Å². The number of ether oxygens (including phenoxy) is 2. The Kier molecular flexibility index (Phi) is 36.9. The number of aliphatic hydroxyl groups excluding tert-OH is 3. The lowest BCUT2D eigenvalue weighted by atomic mass is 10.1. The maximum absolute atomic E-state index is 12.6. The smallest absolute Gasteiger partial charge is 0.462 e. The van der Waals surface area contributed by atoms with Gasteiger partial charge in [0, 0.05) is 12.8 Å². The Morgan fingerprint density at radius 3 is 1.68 bits per heavy atom. The predicted octanol–water partition coefficient (Wildman–Crippen LogP) is 9.63. The molecule has 0 heterocycles. The first kappa shape index (κ1) is 53.1. The molecule has 4 N–H and O–H groups in total. The minimum absolute atomic E-state index is 0.141. The van der Waals surface area contributed by atoms with Gasteiger partial charge in [0.15, 0.2) is 6.10 Å². The number of unbranched alkanes of at least 4 members (excludes halogenated alkanes) is 6. The van der Waals surface area contributed by atoms with Crippen molar-refractivity contribution in [1.82, 2.24) is 0 Å². The molecule has 11 nitrogen and oxygen atoms in total. The first-order valence-electron chi connectivity index (χ1n) is 20.6. The summed E-state index contributed by atoms with van der Waals surface area (Å²) in [6, 6.07) is 0. The molecule has 0 aliphatic carbocycles. The van der Waals surface area contributed by atoms with Crippen molar-refractivity contribution in [2.24, 2.45) is 0 Å². The van der Waals surface area contributed by atoms with Gasteiger partial charge in [-0.2, -0.15) is 0 Å². The van der Waals surface area contributed by atoms with Crippen molar-refractivity contribution < 1.29 is 52.9 Å². The number of carbonyl (C=O) groups excluding carboxylic acids is 2. The van der Waals surface area contributed by atoms with Gasteiger partial charge in [-0.3, -0.25) is 18.6 Å². The molecule has 0 aromatic rings. The topological polar surface area (TPSA) is 169 Å². The molecule has 0 bridgehead atoms. The maximum atomic E-state index is 12.6. The van der Waals surface area contributed by atoms with Crippen molar-refractivity contribution in [1.29, 1.82) is 0 Å². The standard InChI is InChI=1S/C44H73O11P/c1-3-5-6-7-8-9-10-11-12-15-19-22-25-28-31-35-44(49)55-42(39-54-56(50,51)53-37-41(47)36-45)38-52-43(48)34-30-27-24-21-18-16-13-14-17-20-23-26-29-33-40(46)32-4-2/h5-6,8-9,11-13,16-17,20-21,24,26,29,40-42,45-47H,3-4,7,10,14-15,18-19,22-23,25,27-28,30-39H2,1-2H3,(H,50,51)/b6-5-,9-8-,12-11-,16-13-,20-17-,24-21-,29-26-/t40?,41-,42+/m0/s1. The number of aliphatic hydroxyl groups is 3. The van der Waals surface area contributed by atoms with E-state index in [9.17, 15) is 29.3 Å². The molecule has 4 atom stereocenters. The SMILES string of the molecule is CC/C=C\C/C=C\C/C=C\CCCCCCCC(=O)O[C@H](COC(=O)CCC/C=C\C/C=C\C/C=C\C/C=C\CC(O)CCC)COP(=O)(O)OC[C@@H](O)CO. The third-order valence-corrected chi connectivity index (χ3v) is 9.04. The van der Waals surface area contributed by atoms with Crippen molar-refractivity contribution in [2.45, 2.75) is 154 Å². The molecular formula is C44H73O11P. The second kappa shape index (κ2) is 39.0. The van der Waals surface area contributed by atoms with Crippen LogP contribution >= 0.6 is 7.82 Å². The fraction of sp³-hybridized carbons (Fsp3) is 0.636. The van der Waals surface area contributed by atoms with Gasteiger partial charge in [0.2, 0.25) is 0 Å². The Balaban J connectivity index is 4.48. The first-order chi connectivity index (χ1) is 27.1. The van der Waals surface area contributed by atoms with E-state index in [1.807, 2.05) is 18.2 Å². The van der Waals surface area contributed by atoms with Gasteiger partial charge in [-0.15, -0.1) is 0 Å². The van der Waals surface area contributed by atoms with Crippen molar-refractivity contribution in [2.75, 3.05) is 26.4 Å². The van der Waals surface area contributed by atoms with Crippen LogP contribution in [0.3, 0.4) is 0 Å². The molecular weight excluding hydrogens is 735 g/mol. The quantitative estimate of drug-likeness (QED) is 0.0204. The molecule has 12 heteroatoms. The second-order valence-corrected chi connectivity index (χ2v) is 14.9. The zero-order valence-corrected chi connectivity index (χ0v) is 35.1. The highest BCUT2D eigenvalue weighted by atomic mass is 31.2. The Morgan fingerprint density at radius 1 is 0.589 bits per heavy atom. The summed E-state index contributed by atoms with van der Waals surface area (Å²) >= 11 is 0. The van der Waals surface area contributed by atoms with Crippen molar-refractivity contribution in [3.05, 3.63) is 85.1 Å². The summed E-state index contributed by atoms with van der Waals surface area (Å²) in [4.78, 5) is 34.9. The number of esters is 2. The molecule has 0 aliphatic rings. The number of rotatable bonds is 37. The Labute approximate surface area is 337 Å². The van der Waals surface area contributed by atoms with Crippen LogP contribution in [0, 0.1) is 0 Å². The zero-order chi connectivity index (χ0) is 41.4. The number of allylic oxidation sites excluding steroid dienone is 13. The minimum Gasteiger partial charge on any atom is -0.462 e. The number of phosphoric ester groups is 1. The summed E-state index contributed by atoms with van der Waals surface area (Å²) in [5.74, 6) is -1.04. The van der Waals surface area contributed by atoms with Gasteiger partial charge >= 0.3 is 19.8 Å². The van der Waals surface area contributed by atoms with Gasteiger partial charge in [-0.25, -0.2) is 4.57 Å². The van der Waals surface area contributed by atoms with E-state index < -0.39 is 51.8 Å². The van der Waals surface area contributed by atoms with Crippen LogP contribution in [0.5, 0.6) is 0 Å². The molecule has 0 fully saturated rings. The molecule has 0 aliphatic heterocycles. The molecule has 0 aromatic heterocycles. The number of hydrogen-bond acceptors (Lipinski definition) is 10. The van der Waals surface area contributed by atoms with E-state index in [0.717, 1.165) is 83.5 Å². The van der Waals surface area contributed by atoms with Gasteiger partial charge in [0.25, 0.3) is 0 Å². The van der Waals surface area contributed by atoms with Gasteiger partial charge < -0.3 is 29.7 Å². The lowest BCUT2D eigenvalue weighted by molar-refractivity contribution is -0.161. The second-order valence-electron chi connectivity index (χ2n) is 13.5. The third kappa shape index (κ3) is 38.0. The molecule has 0 saturated carbocycles. The zero-order valence-electron chi connectivity index (χ0n) is 34.2. The fourth-order valence-electron chi connectivity index (χ4n) is 4.95. The molecule has 0 radical (unpaired) electrons. The van der Waals surface area contributed by atoms with E-state index in [0.29, 0.717) is 25.7 Å². The first-order valence-corrected chi connectivity index (χ1v) is 22.1. The lowest BCUT2D eigenvalue weighted by Crippen LogP contribution is -2.29. The summed E-state index contributed by atoms with van der Waals surface area (Å²) < 4.78 is 32.6. The third-order valence-electron chi connectivity index (χ3n) is 8.09. The van der Waals surface area contributed by atoms with Gasteiger partial charge in [0.1, 0.15) is 12.7 Å². The predicted molar refractivity (Wildman–Crippen MR) is 225 cm³/mol. The Hall–Kier alpha value is -2.89. The largest absolute Gasteiger partial charge is 0.472 e. The summed E-state index contributed by atoms with van der Waals surface area (Å²) in [5, 5.41) is 28.0. The van der Waals surface area contributed by atoms with Crippen LogP contribution in [0.4, 0.5) is 0 Å². The van der Waals surface area contributed by atoms with Crippen LogP contribution < -0.4 is 0 Å². The summed E-state index contributed by atoms with van der Waals surface area (Å²) in [6.07, 6.45) is 41.9. The number of carbonyl (C=O) groups is 2. The van der Waals surface area contributed by atoms with Gasteiger partial charge in [-0.05, 0) is 83.5 Å². The van der Waals surface area contributed by atoms with Gasteiger partial charge in [-0.1, -0.05) is 125 Å². The molecule has 0 rings (SSSR count). The van der Waals surface area contributed by atoms with E-state index in [1.54, 1.807) is 0 Å². The Morgan fingerprint density at radius 2 is 1.09 bits per heavy atom.